The molecule has 4 aliphatic rings. The summed E-state index contributed by atoms with van der Waals surface area (Å²) in [4.78, 5) is 28.5. The second kappa shape index (κ2) is 12.1. The number of amides is 1. The molecule has 0 radical (unpaired) electrons. The van der Waals surface area contributed by atoms with E-state index in [1.807, 2.05) is 24.3 Å². The standard InChI is InChI=1S/C38H31ClF4N4O6/c1-36(2,3)53-35(49)46-11-7-10-27(46)38(20-8-5-4-6-9-20)16-22-24(52-38)13-23(40)30(39)29(22)28-19(17-44)12-25-32(31(28)41)51-33-26(50-25)18-45-47(34(33)48)21-14-37(42,43)15-21/h4-6,8-9,12-13,18,21,27H,7,10-11,14-16H2,1-3H3/t27-,38-/m0/s1. The number of aromatic nitrogens is 2. The Kier molecular flexibility index (Phi) is 7.96. The van der Waals surface area contributed by atoms with E-state index in [9.17, 15) is 23.6 Å². The summed E-state index contributed by atoms with van der Waals surface area (Å²) >= 11 is 6.67. The molecule has 1 aliphatic carbocycles. The Balaban J connectivity index is 1.25. The van der Waals surface area contributed by atoms with Gasteiger partial charge in [0.25, 0.3) is 5.92 Å². The second-order valence-electron chi connectivity index (χ2n) is 14.7. The molecule has 1 saturated carbocycles. The van der Waals surface area contributed by atoms with Crippen LogP contribution < -0.4 is 19.8 Å². The monoisotopic (exact) mass is 750 g/mol. The van der Waals surface area contributed by atoms with E-state index >= 15 is 8.78 Å². The average molecular weight is 751 g/mol. The van der Waals surface area contributed by atoms with Gasteiger partial charge in [0.15, 0.2) is 22.9 Å². The van der Waals surface area contributed by atoms with Crippen molar-refractivity contribution in [2.45, 2.75) is 82.1 Å². The van der Waals surface area contributed by atoms with Crippen LogP contribution in [-0.2, 0) is 16.8 Å². The Labute approximate surface area is 305 Å². The maximum Gasteiger partial charge on any atom is 0.410 e. The Morgan fingerprint density at radius 3 is 2.47 bits per heavy atom. The summed E-state index contributed by atoms with van der Waals surface area (Å²) in [5, 5.41) is 13.7. The lowest BCUT2D eigenvalue weighted by Gasteiger charge is -2.40. The molecule has 3 aromatic carbocycles. The summed E-state index contributed by atoms with van der Waals surface area (Å²) in [5.41, 5.74) is -3.01. The van der Waals surface area contributed by atoms with Gasteiger partial charge in [-0.15, -0.1) is 0 Å². The van der Waals surface area contributed by atoms with Gasteiger partial charge in [0.1, 0.15) is 23.2 Å². The van der Waals surface area contributed by atoms with Crippen molar-refractivity contribution >= 4 is 17.7 Å². The fourth-order valence-corrected chi connectivity index (χ4v) is 7.97. The number of benzene rings is 3. The number of fused-ring (bicyclic) bond motifs is 3. The molecule has 2 atom stereocenters. The number of ether oxygens (including phenoxy) is 4. The molecule has 2 fully saturated rings. The molecule has 1 aromatic heterocycles. The quantitative estimate of drug-likeness (QED) is 0.168. The van der Waals surface area contributed by atoms with Gasteiger partial charge in [0, 0.05) is 54.6 Å². The number of carbonyl (C=O) groups excluding carboxylic acids is 1. The van der Waals surface area contributed by atoms with Crippen molar-refractivity contribution < 1.29 is 41.3 Å². The van der Waals surface area contributed by atoms with Gasteiger partial charge in [0.2, 0.25) is 11.5 Å². The lowest BCUT2D eigenvalue weighted by molar-refractivity contribution is -0.108. The van der Waals surface area contributed by atoms with Gasteiger partial charge in [-0.25, -0.2) is 27.0 Å². The van der Waals surface area contributed by atoms with Gasteiger partial charge in [-0.2, -0.15) is 10.4 Å². The number of nitriles is 1. The molecular formula is C38H31ClF4N4O6. The van der Waals surface area contributed by atoms with Crippen molar-refractivity contribution in [1.29, 1.82) is 5.26 Å². The maximum absolute atomic E-state index is 17.0. The molecule has 10 nitrogen and oxygen atoms in total. The zero-order chi connectivity index (χ0) is 37.6. The molecule has 15 heteroatoms. The highest BCUT2D eigenvalue weighted by Crippen LogP contribution is 2.56. The van der Waals surface area contributed by atoms with E-state index in [1.54, 1.807) is 37.8 Å². The summed E-state index contributed by atoms with van der Waals surface area (Å²) in [7, 11) is 0. The van der Waals surface area contributed by atoms with Crippen molar-refractivity contribution in [3.05, 3.63) is 92.4 Å². The van der Waals surface area contributed by atoms with Crippen molar-refractivity contribution in [3.63, 3.8) is 0 Å². The third-order valence-corrected chi connectivity index (χ3v) is 10.4. The van der Waals surface area contributed by atoms with Gasteiger partial charge in [-0.3, -0.25) is 4.79 Å². The topological polar surface area (TPSA) is 116 Å². The highest BCUT2D eigenvalue weighted by atomic mass is 35.5. The molecule has 8 rings (SSSR count). The predicted molar refractivity (Wildman–Crippen MR) is 182 cm³/mol. The number of carbonyl (C=O) groups is 1. The summed E-state index contributed by atoms with van der Waals surface area (Å²) < 4.78 is 84.9. The van der Waals surface area contributed by atoms with Crippen molar-refractivity contribution in [2.75, 3.05) is 6.54 Å². The second-order valence-corrected chi connectivity index (χ2v) is 15.0. The molecule has 1 amide bonds. The van der Waals surface area contributed by atoms with E-state index < -0.39 is 87.4 Å². The van der Waals surface area contributed by atoms with Crippen molar-refractivity contribution in [3.8, 4) is 45.9 Å². The number of alkyl halides is 2. The molecule has 274 valence electrons. The first-order valence-electron chi connectivity index (χ1n) is 17.0. The van der Waals surface area contributed by atoms with Crippen LogP contribution in [0.3, 0.4) is 0 Å². The van der Waals surface area contributed by atoms with Crippen LogP contribution >= 0.6 is 11.6 Å². The van der Waals surface area contributed by atoms with Crippen LogP contribution in [0.25, 0.3) is 11.1 Å². The molecule has 0 spiro atoms. The van der Waals surface area contributed by atoms with Crippen LogP contribution in [0.4, 0.5) is 22.4 Å². The van der Waals surface area contributed by atoms with Crippen molar-refractivity contribution in [1.82, 2.24) is 14.7 Å². The van der Waals surface area contributed by atoms with Gasteiger partial charge in [0.05, 0.1) is 28.9 Å². The molecule has 0 unspecified atom stereocenters. The minimum atomic E-state index is -2.95. The van der Waals surface area contributed by atoms with Gasteiger partial charge in [-0.1, -0.05) is 41.9 Å². The maximum atomic E-state index is 17.0. The number of likely N-dealkylation sites (tertiary alicyclic amines) is 1. The summed E-state index contributed by atoms with van der Waals surface area (Å²) in [6.07, 6.45) is 0.435. The summed E-state index contributed by atoms with van der Waals surface area (Å²) in [6, 6.07) is 11.8. The number of rotatable bonds is 4. The Hall–Kier alpha value is -5.29. The Morgan fingerprint density at radius 2 is 1.79 bits per heavy atom. The van der Waals surface area contributed by atoms with E-state index in [0.29, 0.717) is 24.9 Å². The summed E-state index contributed by atoms with van der Waals surface area (Å²) in [6.45, 7) is 5.65. The first-order valence-corrected chi connectivity index (χ1v) is 17.4. The van der Waals surface area contributed by atoms with Crippen LogP contribution in [0, 0.1) is 23.0 Å². The van der Waals surface area contributed by atoms with Gasteiger partial charge in [-0.05, 0) is 39.2 Å². The minimum absolute atomic E-state index is 0.0182. The predicted octanol–water partition coefficient (Wildman–Crippen LogP) is 8.81. The molecule has 53 heavy (non-hydrogen) atoms. The number of halogens is 5. The number of hydrogen-bond donors (Lipinski definition) is 0. The third kappa shape index (κ3) is 5.64. The van der Waals surface area contributed by atoms with Crippen LogP contribution in [0.15, 0.2) is 53.5 Å². The lowest BCUT2D eigenvalue weighted by atomic mass is 9.79. The summed E-state index contributed by atoms with van der Waals surface area (Å²) in [5.74, 6) is -6.66. The lowest BCUT2D eigenvalue weighted by Crippen LogP contribution is -2.53. The molecule has 0 N–H and O–H groups in total. The average Bonchev–Trinajstić information content (AvgIpc) is 3.74. The zero-order valence-corrected chi connectivity index (χ0v) is 29.4. The van der Waals surface area contributed by atoms with E-state index in [-0.39, 0.29) is 40.4 Å². The fourth-order valence-electron chi connectivity index (χ4n) is 7.71. The van der Waals surface area contributed by atoms with Crippen LogP contribution in [-0.4, -0.2) is 44.9 Å². The Bertz CT molecular complexity index is 2300. The first-order chi connectivity index (χ1) is 25.1. The molecule has 4 heterocycles. The number of nitrogens with zero attached hydrogens (tertiary/aromatic N) is 4. The van der Waals surface area contributed by atoms with Gasteiger partial charge < -0.3 is 23.8 Å². The van der Waals surface area contributed by atoms with Crippen LogP contribution in [0.1, 0.15) is 69.2 Å². The third-order valence-electron chi connectivity index (χ3n) is 10.0. The minimum Gasteiger partial charge on any atom is -0.480 e. The highest BCUT2D eigenvalue weighted by molar-refractivity contribution is 6.34. The zero-order valence-electron chi connectivity index (χ0n) is 28.6. The highest BCUT2D eigenvalue weighted by Gasteiger charge is 2.54. The van der Waals surface area contributed by atoms with Crippen molar-refractivity contribution in [2.24, 2.45) is 0 Å². The Morgan fingerprint density at radius 1 is 1.06 bits per heavy atom. The largest absolute Gasteiger partial charge is 0.480 e. The van der Waals surface area contributed by atoms with Gasteiger partial charge >= 0.3 is 11.7 Å². The molecular weight excluding hydrogens is 720 g/mol. The van der Waals surface area contributed by atoms with E-state index in [4.69, 9.17) is 30.5 Å². The van der Waals surface area contributed by atoms with Crippen LogP contribution in [0.5, 0.6) is 28.7 Å². The van der Waals surface area contributed by atoms with Crippen LogP contribution in [0.2, 0.25) is 5.02 Å². The molecule has 1 saturated heterocycles. The molecule has 4 aromatic rings. The van der Waals surface area contributed by atoms with E-state index in [2.05, 4.69) is 5.10 Å². The fraction of sp³-hybridized carbons (Fsp3) is 0.368. The smallest absolute Gasteiger partial charge is 0.410 e. The SMILES string of the molecule is CC(C)(C)OC(=O)N1CCC[C@H]1[C@@]1(c2ccccc2)Cc2c(cc(F)c(Cl)c2-c2c(C#N)cc3c(c2F)Oc2c(cnn(C4CC(F)(F)C4)c2=O)O3)O1. The normalized spacial score (nSPS) is 21.3. The number of hydrogen-bond acceptors (Lipinski definition) is 8. The molecule has 3 aliphatic heterocycles. The first kappa shape index (κ1) is 34.8. The molecule has 0 bridgehead atoms. The van der Waals surface area contributed by atoms with E-state index in [1.165, 1.54) is 6.07 Å². The van der Waals surface area contributed by atoms with E-state index in [0.717, 1.165) is 16.9 Å².